The molecular formula is C12H25N3. The smallest absolute Gasteiger partial charge is 0.0149 e. The molecule has 0 spiro atoms. The van der Waals surface area contributed by atoms with Gasteiger partial charge in [-0.25, -0.2) is 0 Å². The van der Waals surface area contributed by atoms with E-state index in [1.54, 1.807) is 0 Å². The molecule has 0 aromatic heterocycles. The lowest BCUT2D eigenvalue weighted by molar-refractivity contribution is 0.0393. The Balaban J connectivity index is 1.95. The van der Waals surface area contributed by atoms with Gasteiger partial charge in [0.1, 0.15) is 0 Å². The van der Waals surface area contributed by atoms with E-state index in [-0.39, 0.29) is 0 Å². The Morgan fingerprint density at radius 1 is 1.13 bits per heavy atom. The van der Waals surface area contributed by atoms with Crippen LogP contribution in [0.3, 0.4) is 0 Å². The zero-order valence-electron chi connectivity index (χ0n) is 10.4. The first-order chi connectivity index (χ1) is 7.18. The van der Waals surface area contributed by atoms with E-state index in [9.17, 15) is 0 Å². The molecule has 1 N–H and O–H groups in total. The maximum absolute atomic E-state index is 3.44. The average molecular weight is 211 g/mol. The van der Waals surface area contributed by atoms with E-state index in [0.29, 0.717) is 0 Å². The van der Waals surface area contributed by atoms with Crippen LogP contribution in [0, 0.1) is 5.92 Å². The molecule has 2 saturated heterocycles. The number of nitrogens with zero attached hydrogens (tertiary/aromatic N) is 2. The van der Waals surface area contributed by atoms with Crippen molar-refractivity contribution in [2.45, 2.75) is 32.4 Å². The molecule has 2 aliphatic heterocycles. The van der Waals surface area contributed by atoms with E-state index in [2.05, 4.69) is 36.0 Å². The van der Waals surface area contributed by atoms with Gasteiger partial charge in [0.25, 0.3) is 0 Å². The van der Waals surface area contributed by atoms with Crippen molar-refractivity contribution in [2.75, 3.05) is 39.8 Å². The van der Waals surface area contributed by atoms with E-state index in [4.69, 9.17) is 0 Å². The summed E-state index contributed by atoms with van der Waals surface area (Å²) < 4.78 is 0. The molecule has 0 aromatic rings. The number of hydrogen-bond donors (Lipinski definition) is 1. The van der Waals surface area contributed by atoms with Crippen LogP contribution in [0.5, 0.6) is 0 Å². The average Bonchev–Trinajstić information content (AvgIpc) is 2.25. The number of likely N-dealkylation sites (tertiary alicyclic amines) is 1. The van der Waals surface area contributed by atoms with Gasteiger partial charge in [-0.15, -0.1) is 0 Å². The second-order valence-corrected chi connectivity index (χ2v) is 5.35. The molecule has 2 fully saturated rings. The summed E-state index contributed by atoms with van der Waals surface area (Å²) in [6.07, 6.45) is 1.34. The van der Waals surface area contributed by atoms with Gasteiger partial charge in [-0.2, -0.15) is 0 Å². The van der Waals surface area contributed by atoms with E-state index >= 15 is 0 Å². The number of rotatable bonds is 1. The van der Waals surface area contributed by atoms with E-state index in [1.807, 2.05) is 0 Å². The number of piperidine rings is 1. The van der Waals surface area contributed by atoms with Gasteiger partial charge in [0, 0.05) is 44.8 Å². The van der Waals surface area contributed by atoms with Crippen LogP contribution in [0.1, 0.15) is 20.3 Å². The first-order valence-corrected chi connectivity index (χ1v) is 6.33. The molecule has 3 nitrogen and oxygen atoms in total. The first kappa shape index (κ1) is 11.4. The number of nitrogens with one attached hydrogen (secondary N) is 1. The molecule has 15 heavy (non-hydrogen) atoms. The van der Waals surface area contributed by atoms with Gasteiger partial charge < -0.3 is 10.2 Å². The van der Waals surface area contributed by atoms with Gasteiger partial charge in [-0.1, -0.05) is 6.92 Å². The lowest BCUT2D eigenvalue weighted by Crippen LogP contribution is -2.56. The zero-order chi connectivity index (χ0) is 10.8. The van der Waals surface area contributed by atoms with E-state index in [0.717, 1.165) is 18.0 Å². The maximum Gasteiger partial charge on any atom is 0.0149 e. The molecule has 0 aromatic carbocycles. The normalized spacial score (nSPS) is 40.6. The highest BCUT2D eigenvalue weighted by Crippen LogP contribution is 2.25. The van der Waals surface area contributed by atoms with Gasteiger partial charge in [0.15, 0.2) is 0 Å². The molecule has 2 aliphatic rings. The second kappa shape index (κ2) is 4.81. The Bertz CT molecular complexity index is 201. The van der Waals surface area contributed by atoms with Crippen molar-refractivity contribution >= 4 is 0 Å². The molecule has 3 atom stereocenters. The minimum atomic E-state index is 0.751. The van der Waals surface area contributed by atoms with Gasteiger partial charge in [0.2, 0.25) is 0 Å². The molecule has 1 unspecified atom stereocenters. The van der Waals surface area contributed by atoms with Crippen molar-refractivity contribution in [3.8, 4) is 0 Å². The molecule has 0 bridgehead atoms. The first-order valence-electron chi connectivity index (χ1n) is 6.33. The molecule has 3 heteroatoms. The lowest BCUT2D eigenvalue weighted by atomic mass is 9.88. The van der Waals surface area contributed by atoms with Crippen LogP contribution in [0.15, 0.2) is 0 Å². The second-order valence-electron chi connectivity index (χ2n) is 5.35. The third-order valence-corrected chi connectivity index (χ3v) is 4.19. The number of hydrogen-bond acceptors (Lipinski definition) is 3. The summed E-state index contributed by atoms with van der Waals surface area (Å²) in [6, 6.07) is 1.57. The molecule has 0 radical (unpaired) electrons. The SMILES string of the molecule is C[C@@H]1CC(N2CCNCC2)[C@@H](C)CN1C. The predicted octanol–water partition coefficient (Wildman–Crippen LogP) is 0.620. The lowest BCUT2D eigenvalue weighted by Gasteiger charge is -2.46. The maximum atomic E-state index is 3.44. The van der Waals surface area contributed by atoms with Crippen LogP contribution in [0.2, 0.25) is 0 Å². The summed E-state index contributed by atoms with van der Waals surface area (Å²) in [5.41, 5.74) is 0. The Morgan fingerprint density at radius 2 is 1.80 bits per heavy atom. The van der Waals surface area contributed by atoms with Gasteiger partial charge in [0.05, 0.1) is 0 Å². The van der Waals surface area contributed by atoms with Crippen LogP contribution in [-0.2, 0) is 0 Å². The summed E-state index contributed by atoms with van der Waals surface area (Å²) in [5.74, 6) is 0.823. The summed E-state index contributed by atoms with van der Waals surface area (Å²) >= 11 is 0. The molecule has 0 saturated carbocycles. The molecule has 0 aliphatic carbocycles. The van der Waals surface area contributed by atoms with Crippen LogP contribution in [-0.4, -0.2) is 61.7 Å². The fraction of sp³-hybridized carbons (Fsp3) is 1.00. The standard InChI is InChI=1S/C12H25N3/c1-10-9-14(3)11(2)8-12(10)15-6-4-13-5-7-15/h10-13H,4-9H2,1-3H3/t10-,11+,12?/m0/s1. The van der Waals surface area contributed by atoms with Crippen molar-refractivity contribution < 1.29 is 0 Å². The van der Waals surface area contributed by atoms with Crippen molar-refractivity contribution in [1.29, 1.82) is 0 Å². The summed E-state index contributed by atoms with van der Waals surface area (Å²) in [6.45, 7) is 10.9. The van der Waals surface area contributed by atoms with Crippen LogP contribution in [0.4, 0.5) is 0 Å². The van der Waals surface area contributed by atoms with E-state index in [1.165, 1.54) is 39.1 Å². The predicted molar refractivity (Wildman–Crippen MR) is 64.1 cm³/mol. The molecule has 2 rings (SSSR count). The topological polar surface area (TPSA) is 18.5 Å². The molecule has 2 heterocycles. The molecule has 88 valence electrons. The minimum absolute atomic E-state index is 0.751. The quantitative estimate of drug-likeness (QED) is 0.686. The minimum Gasteiger partial charge on any atom is -0.314 e. The van der Waals surface area contributed by atoms with Crippen molar-refractivity contribution in [1.82, 2.24) is 15.1 Å². The van der Waals surface area contributed by atoms with Crippen LogP contribution < -0.4 is 5.32 Å². The fourth-order valence-electron chi connectivity index (χ4n) is 3.04. The monoisotopic (exact) mass is 211 g/mol. The summed E-state index contributed by atoms with van der Waals surface area (Å²) in [7, 11) is 2.26. The third kappa shape index (κ3) is 2.52. The Labute approximate surface area is 93.8 Å². The van der Waals surface area contributed by atoms with Gasteiger partial charge in [-0.05, 0) is 26.3 Å². The highest BCUT2D eigenvalue weighted by atomic mass is 15.2. The largest absolute Gasteiger partial charge is 0.314 e. The Morgan fingerprint density at radius 3 is 2.47 bits per heavy atom. The Kier molecular flexibility index (Phi) is 3.65. The zero-order valence-corrected chi connectivity index (χ0v) is 10.4. The van der Waals surface area contributed by atoms with E-state index < -0.39 is 0 Å². The number of piperazine rings is 1. The highest BCUT2D eigenvalue weighted by molar-refractivity contribution is 4.89. The fourth-order valence-corrected chi connectivity index (χ4v) is 3.04. The molecule has 0 amide bonds. The van der Waals surface area contributed by atoms with Crippen molar-refractivity contribution in [3.05, 3.63) is 0 Å². The Hall–Kier alpha value is -0.120. The van der Waals surface area contributed by atoms with Crippen LogP contribution in [0.25, 0.3) is 0 Å². The van der Waals surface area contributed by atoms with Crippen molar-refractivity contribution in [2.24, 2.45) is 5.92 Å². The third-order valence-electron chi connectivity index (χ3n) is 4.19. The van der Waals surface area contributed by atoms with Crippen molar-refractivity contribution in [3.63, 3.8) is 0 Å². The summed E-state index contributed by atoms with van der Waals surface area (Å²) in [5, 5.41) is 3.44. The van der Waals surface area contributed by atoms with Crippen LogP contribution >= 0.6 is 0 Å². The van der Waals surface area contributed by atoms with Gasteiger partial charge in [-0.3, -0.25) is 4.90 Å². The molecular weight excluding hydrogens is 186 g/mol. The van der Waals surface area contributed by atoms with Gasteiger partial charge >= 0.3 is 0 Å². The highest BCUT2D eigenvalue weighted by Gasteiger charge is 2.33. The summed E-state index contributed by atoms with van der Waals surface area (Å²) in [4.78, 5) is 5.20.